The highest BCUT2D eigenvalue weighted by molar-refractivity contribution is 5.76. The van der Waals surface area contributed by atoms with E-state index in [1.165, 1.54) is 0 Å². The first-order chi connectivity index (χ1) is 12.5. The molecule has 156 valence electrons. The molecule has 1 aromatic heterocycles. The number of aromatic nitrogens is 3. The van der Waals surface area contributed by atoms with Gasteiger partial charge in [0.2, 0.25) is 5.91 Å². The van der Waals surface area contributed by atoms with Crippen molar-refractivity contribution in [2.75, 3.05) is 13.2 Å². The van der Waals surface area contributed by atoms with Gasteiger partial charge in [0.15, 0.2) is 0 Å². The Kier molecular flexibility index (Phi) is 11.0. The van der Waals surface area contributed by atoms with Gasteiger partial charge in [0, 0.05) is 37.4 Å². The normalized spacial score (nSPS) is 11.6. The lowest BCUT2D eigenvalue weighted by molar-refractivity contribution is -0.125. The van der Waals surface area contributed by atoms with E-state index in [4.69, 9.17) is 4.74 Å². The van der Waals surface area contributed by atoms with E-state index in [0.29, 0.717) is 38.3 Å². The number of halogens is 1. The van der Waals surface area contributed by atoms with Crippen LogP contribution in [0.25, 0.3) is 0 Å². The van der Waals surface area contributed by atoms with Crippen LogP contribution in [0.15, 0.2) is 6.20 Å². The molecule has 7 nitrogen and oxygen atoms in total. The second-order valence-corrected chi connectivity index (χ2v) is 8.13. The number of nitrogens with zero attached hydrogens (tertiary/aromatic N) is 3. The van der Waals surface area contributed by atoms with Crippen LogP contribution in [-0.4, -0.2) is 39.9 Å². The first-order valence-corrected chi connectivity index (χ1v) is 9.39. The number of ketones is 1. The number of amides is 1. The molecule has 1 heterocycles. The molecule has 0 fully saturated rings. The number of carbonyl (C=O) groups is 2. The van der Waals surface area contributed by atoms with Crippen LogP contribution >= 0.6 is 0 Å². The molecule has 0 unspecified atom stereocenters. The number of aryl methyl sites for hydroxylation is 1. The number of carbonyl (C=O) groups excluding carboxylic acids is 2. The molecule has 27 heavy (non-hydrogen) atoms. The molecular weight excluding hydrogens is 351 g/mol. The monoisotopic (exact) mass is 386 g/mol. The molecule has 8 heteroatoms. The summed E-state index contributed by atoms with van der Waals surface area (Å²) >= 11 is 0. The maximum absolute atomic E-state index is 11.9. The molecule has 1 amide bonds. The second kappa shape index (κ2) is 11.8. The van der Waals surface area contributed by atoms with Gasteiger partial charge in [-0.3, -0.25) is 9.48 Å². The van der Waals surface area contributed by atoms with Gasteiger partial charge < -0.3 is 9.53 Å². The van der Waals surface area contributed by atoms with E-state index in [1.807, 2.05) is 27.7 Å². The van der Waals surface area contributed by atoms with E-state index in [1.54, 1.807) is 17.8 Å². The third-order valence-corrected chi connectivity index (χ3v) is 3.60. The zero-order valence-electron chi connectivity index (χ0n) is 17.8. The molecule has 0 spiro atoms. The fourth-order valence-corrected chi connectivity index (χ4v) is 2.63. The zero-order valence-corrected chi connectivity index (χ0v) is 17.8. The highest BCUT2D eigenvalue weighted by Crippen LogP contribution is 2.24. The summed E-state index contributed by atoms with van der Waals surface area (Å²) in [5, 5.41) is 8.03. The van der Waals surface area contributed by atoms with Crippen LogP contribution in [0.5, 0.6) is 0 Å². The Bertz CT molecular complexity index is 585. The van der Waals surface area contributed by atoms with Crippen molar-refractivity contribution in [1.82, 2.24) is 20.5 Å². The van der Waals surface area contributed by atoms with Crippen molar-refractivity contribution >= 4 is 11.7 Å². The highest BCUT2D eigenvalue weighted by atomic mass is 19.2. The SMILES string of the molecule is CC.CC(=O)CC(C)(C)COCC(C)(C)Cn1cc(CCC(=O)NF)nn1. The molecule has 0 aliphatic rings. The predicted molar refractivity (Wildman–Crippen MR) is 103 cm³/mol. The lowest BCUT2D eigenvalue weighted by Crippen LogP contribution is -2.29. The summed E-state index contributed by atoms with van der Waals surface area (Å²) in [6.07, 6.45) is 2.62. The fraction of sp³-hybridized carbons (Fsp3) is 0.789. The molecule has 1 aromatic rings. The molecule has 0 radical (unpaired) electrons. The topological polar surface area (TPSA) is 86.1 Å². The molecule has 0 aromatic carbocycles. The van der Waals surface area contributed by atoms with Gasteiger partial charge in [-0.1, -0.05) is 46.8 Å². The van der Waals surface area contributed by atoms with Gasteiger partial charge in [-0.2, -0.15) is 5.54 Å². The minimum absolute atomic E-state index is 0.0347. The van der Waals surface area contributed by atoms with Crippen LogP contribution in [0.3, 0.4) is 0 Å². The van der Waals surface area contributed by atoms with Crippen molar-refractivity contribution in [3.63, 3.8) is 0 Å². The van der Waals surface area contributed by atoms with Crippen LogP contribution < -0.4 is 5.54 Å². The summed E-state index contributed by atoms with van der Waals surface area (Å²) in [6, 6.07) is 0. The first kappa shape index (κ1) is 25.2. The van der Waals surface area contributed by atoms with Crippen LogP contribution in [0, 0.1) is 10.8 Å². The molecule has 0 saturated carbocycles. The van der Waals surface area contributed by atoms with Crippen molar-refractivity contribution < 1.29 is 18.8 Å². The summed E-state index contributed by atoms with van der Waals surface area (Å²) in [5.74, 6) is -0.513. The molecule has 0 saturated heterocycles. The van der Waals surface area contributed by atoms with Gasteiger partial charge in [0.25, 0.3) is 0 Å². The average Bonchev–Trinajstić information content (AvgIpc) is 2.99. The molecule has 0 atom stereocenters. The van der Waals surface area contributed by atoms with E-state index >= 15 is 0 Å². The first-order valence-electron chi connectivity index (χ1n) is 9.39. The fourth-order valence-electron chi connectivity index (χ4n) is 2.63. The van der Waals surface area contributed by atoms with E-state index in [0.717, 1.165) is 5.54 Å². The van der Waals surface area contributed by atoms with Gasteiger partial charge in [0.05, 0.1) is 18.9 Å². The second-order valence-electron chi connectivity index (χ2n) is 8.13. The number of nitrogens with one attached hydrogen (secondary N) is 1. The Balaban J connectivity index is 0.00000326. The van der Waals surface area contributed by atoms with Gasteiger partial charge >= 0.3 is 0 Å². The summed E-state index contributed by atoms with van der Waals surface area (Å²) in [7, 11) is 0. The van der Waals surface area contributed by atoms with Gasteiger partial charge in [-0.15, -0.1) is 9.58 Å². The third-order valence-electron chi connectivity index (χ3n) is 3.60. The van der Waals surface area contributed by atoms with E-state index < -0.39 is 5.91 Å². The summed E-state index contributed by atoms with van der Waals surface area (Å²) < 4.78 is 19.4. The highest BCUT2D eigenvalue weighted by Gasteiger charge is 2.24. The van der Waals surface area contributed by atoms with Crippen molar-refractivity contribution in [2.24, 2.45) is 10.8 Å². The van der Waals surface area contributed by atoms with Gasteiger partial charge in [-0.05, 0) is 12.3 Å². The van der Waals surface area contributed by atoms with Gasteiger partial charge in [0.1, 0.15) is 5.78 Å². The minimum Gasteiger partial charge on any atom is -0.380 e. The molecule has 0 bridgehead atoms. The maximum Gasteiger partial charge on any atom is 0.248 e. The van der Waals surface area contributed by atoms with Crippen LogP contribution in [0.4, 0.5) is 4.48 Å². The summed E-state index contributed by atoms with van der Waals surface area (Å²) in [6.45, 7) is 15.4. The largest absolute Gasteiger partial charge is 0.380 e. The molecule has 0 aliphatic heterocycles. The van der Waals surface area contributed by atoms with Crippen LogP contribution in [0.1, 0.15) is 67.0 Å². The number of ether oxygens (including phenoxy) is 1. The molecule has 1 rings (SSSR count). The standard InChI is InChI=1S/C17H29FN4O3.C2H6/c1-13(23)8-16(2,3)11-25-12-17(4,5)10-22-9-14(20-21-22)6-7-15(24)19-18;1-2/h9H,6-8,10-12H2,1-5H3,(H,19,24);1-2H3. The average molecular weight is 387 g/mol. The summed E-state index contributed by atoms with van der Waals surface area (Å²) in [5.41, 5.74) is 1.38. The van der Waals surface area contributed by atoms with Crippen molar-refractivity contribution in [1.29, 1.82) is 0 Å². The number of hydrogen-bond acceptors (Lipinski definition) is 5. The van der Waals surface area contributed by atoms with Crippen LogP contribution in [-0.2, 0) is 27.3 Å². The van der Waals surface area contributed by atoms with Gasteiger partial charge in [-0.25, -0.2) is 0 Å². The lowest BCUT2D eigenvalue weighted by atomic mass is 9.88. The minimum atomic E-state index is -0.670. The maximum atomic E-state index is 11.9. The van der Waals surface area contributed by atoms with E-state index in [-0.39, 0.29) is 23.0 Å². The quantitative estimate of drug-likeness (QED) is 0.590. The number of rotatable bonds is 11. The van der Waals surface area contributed by atoms with Crippen molar-refractivity contribution in [3.8, 4) is 0 Å². The summed E-state index contributed by atoms with van der Waals surface area (Å²) in [4.78, 5) is 22.2. The Morgan fingerprint density at radius 1 is 1.19 bits per heavy atom. The van der Waals surface area contributed by atoms with E-state index in [9.17, 15) is 14.1 Å². The van der Waals surface area contributed by atoms with Crippen molar-refractivity contribution in [3.05, 3.63) is 11.9 Å². The third kappa shape index (κ3) is 11.5. The van der Waals surface area contributed by atoms with E-state index in [2.05, 4.69) is 24.2 Å². The number of hydrogen-bond donors (Lipinski definition) is 1. The Labute approximate surface area is 162 Å². The molecular formula is C19H35FN4O3. The lowest BCUT2D eigenvalue weighted by Gasteiger charge is -2.28. The number of Topliss-reactive ketones (excluding diaryl/α,β-unsaturated/α-hetero) is 1. The van der Waals surface area contributed by atoms with Crippen molar-refractivity contribution in [2.45, 2.75) is 74.3 Å². The molecule has 1 N–H and O–H groups in total. The Morgan fingerprint density at radius 3 is 2.33 bits per heavy atom. The Morgan fingerprint density at radius 2 is 1.78 bits per heavy atom. The zero-order chi connectivity index (χ0) is 21.1. The smallest absolute Gasteiger partial charge is 0.248 e. The predicted octanol–water partition coefficient (Wildman–Crippen LogP) is 3.29. The van der Waals surface area contributed by atoms with Crippen LogP contribution in [0.2, 0.25) is 0 Å². The molecule has 0 aliphatic carbocycles. The Hall–Kier alpha value is -1.83.